The largest absolute Gasteiger partial charge is 0.469 e. The first-order chi connectivity index (χ1) is 8.25. The lowest BCUT2D eigenvalue weighted by molar-refractivity contribution is 0.535. The van der Waals surface area contributed by atoms with E-state index in [1.807, 2.05) is 19.9 Å². The molecule has 0 saturated heterocycles. The maximum Gasteiger partial charge on any atom is 0.163 e. The number of hydrogen-bond donors (Lipinski definition) is 1. The standard InChI is InChI=1S/C13H15N3O/c1-8-11-7-14-5-3-12(11)16-13(15-8)10-4-6-17-9(10)2/h4,6,14H,3,5,7H2,1-2H3. The van der Waals surface area contributed by atoms with Gasteiger partial charge in [-0.3, -0.25) is 0 Å². The van der Waals surface area contributed by atoms with Crippen molar-refractivity contribution in [3.05, 3.63) is 35.0 Å². The SMILES string of the molecule is Cc1nc(-c2ccoc2C)nc2c1CNCC2. The highest BCUT2D eigenvalue weighted by atomic mass is 16.3. The van der Waals surface area contributed by atoms with E-state index in [9.17, 15) is 0 Å². The molecule has 1 N–H and O–H groups in total. The molecule has 2 aromatic rings. The van der Waals surface area contributed by atoms with Crippen LogP contribution in [0.3, 0.4) is 0 Å². The Kier molecular flexibility index (Phi) is 2.44. The highest BCUT2D eigenvalue weighted by molar-refractivity contribution is 5.57. The van der Waals surface area contributed by atoms with Crippen LogP contribution in [0.25, 0.3) is 11.4 Å². The maximum absolute atomic E-state index is 5.31. The second-order valence-electron chi connectivity index (χ2n) is 4.38. The normalized spacial score (nSPS) is 14.7. The first-order valence-corrected chi connectivity index (χ1v) is 5.87. The minimum atomic E-state index is 0.786. The fourth-order valence-electron chi connectivity index (χ4n) is 2.25. The molecule has 17 heavy (non-hydrogen) atoms. The van der Waals surface area contributed by atoms with Crippen molar-refractivity contribution in [1.29, 1.82) is 0 Å². The number of nitrogens with one attached hydrogen (secondary N) is 1. The van der Waals surface area contributed by atoms with Crippen LogP contribution in [0.1, 0.15) is 22.7 Å². The van der Waals surface area contributed by atoms with Crippen molar-refractivity contribution >= 4 is 0 Å². The van der Waals surface area contributed by atoms with E-state index in [0.29, 0.717) is 0 Å². The van der Waals surface area contributed by atoms with Crippen LogP contribution in [0.4, 0.5) is 0 Å². The molecule has 0 fully saturated rings. The van der Waals surface area contributed by atoms with Gasteiger partial charge in [0.05, 0.1) is 17.5 Å². The minimum Gasteiger partial charge on any atom is -0.469 e. The average Bonchev–Trinajstić information content (AvgIpc) is 2.75. The molecule has 0 spiro atoms. The van der Waals surface area contributed by atoms with Crippen molar-refractivity contribution in [2.75, 3.05) is 6.54 Å². The topological polar surface area (TPSA) is 51.0 Å². The third kappa shape index (κ3) is 1.74. The summed E-state index contributed by atoms with van der Waals surface area (Å²) in [6.45, 7) is 5.86. The molecule has 4 nitrogen and oxygen atoms in total. The summed E-state index contributed by atoms with van der Waals surface area (Å²) in [5, 5.41) is 3.35. The van der Waals surface area contributed by atoms with E-state index < -0.39 is 0 Å². The molecular weight excluding hydrogens is 214 g/mol. The van der Waals surface area contributed by atoms with E-state index in [0.717, 1.165) is 42.4 Å². The van der Waals surface area contributed by atoms with Crippen molar-refractivity contribution in [1.82, 2.24) is 15.3 Å². The summed E-state index contributed by atoms with van der Waals surface area (Å²) in [6, 6.07) is 1.93. The second-order valence-corrected chi connectivity index (χ2v) is 4.38. The number of aromatic nitrogens is 2. The minimum absolute atomic E-state index is 0.786. The summed E-state index contributed by atoms with van der Waals surface area (Å²) in [5.41, 5.74) is 4.49. The molecule has 0 radical (unpaired) electrons. The monoisotopic (exact) mass is 229 g/mol. The molecule has 3 rings (SSSR count). The van der Waals surface area contributed by atoms with Gasteiger partial charge >= 0.3 is 0 Å². The first-order valence-electron chi connectivity index (χ1n) is 5.87. The average molecular weight is 229 g/mol. The van der Waals surface area contributed by atoms with Crippen LogP contribution in [0.2, 0.25) is 0 Å². The van der Waals surface area contributed by atoms with Gasteiger partial charge in [-0.25, -0.2) is 9.97 Å². The van der Waals surface area contributed by atoms with E-state index in [1.54, 1.807) is 6.26 Å². The molecule has 0 aromatic carbocycles. The number of fused-ring (bicyclic) bond motifs is 1. The summed E-state index contributed by atoms with van der Waals surface area (Å²) >= 11 is 0. The zero-order valence-corrected chi connectivity index (χ0v) is 10.1. The van der Waals surface area contributed by atoms with Crippen LogP contribution in [0.15, 0.2) is 16.7 Å². The zero-order valence-electron chi connectivity index (χ0n) is 10.1. The van der Waals surface area contributed by atoms with E-state index in [1.165, 1.54) is 11.3 Å². The summed E-state index contributed by atoms with van der Waals surface area (Å²) in [6.07, 6.45) is 2.66. The lowest BCUT2D eigenvalue weighted by atomic mass is 10.1. The predicted molar refractivity (Wildman–Crippen MR) is 64.6 cm³/mol. The van der Waals surface area contributed by atoms with Gasteiger partial charge in [0, 0.05) is 30.8 Å². The Morgan fingerprint density at radius 1 is 1.29 bits per heavy atom. The van der Waals surface area contributed by atoms with Crippen LogP contribution in [-0.4, -0.2) is 16.5 Å². The Labute approximate surface area is 100 Å². The van der Waals surface area contributed by atoms with Crippen molar-refractivity contribution in [3.8, 4) is 11.4 Å². The number of rotatable bonds is 1. The molecular formula is C13H15N3O. The van der Waals surface area contributed by atoms with Gasteiger partial charge in [-0.15, -0.1) is 0 Å². The Bertz CT molecular complexity index is 560. The Hall–Kier alpha value is -1.68. The quantitative estimate of drug-likeness (QED) is 0.812. The van der Waals surface area contributed by atoms with Gasteiger partial charge in [0.1, 0.15) is 5.76 Å². The molecule has 2 aromatic heterocycles. The lowest BCUT2D eigenvalue weighted by Crippen LogP contribution is -2.26. The van der Waals surface area contributed by atoms with Crippen molar-refractivity contribution in [2.24, 2.45) is 0 Å². The van der Waals surface area contributed by atoms with Gasteiger partial charge in [-0.1, -0.05) is 0 Å². The third-order valence-electron chi connectivity index (χ3n) is 3.24. The Balaban J connectivity index is 2.14. The molecule has 0 unspecified atom stereocenters. The highest BCUT2D eigenvalue weighted by Gasteiger charge is 2.17. The van der Waals surface area contributed by atoms with Crippen LogP contribution in [0.5, 0.6) is 0 Å². The summed E-state index contributed by atoms with van der Waals surface area (Å²) in [4.78, 5) is 9.24. The van der Waals surface area contributed by atoms with E-state index in [2.05, 4.69) is 15.3 Å². The van der Waals surface area contributed by atoms with E-state index >= 15 is 0 Å². The molecule has 4 heteroatoms. The van der Waals surface area contributed by atoms with Crippen LogP contribution < -0.4 is 5.32 Å². The number of furan rings is 1. The molecule has 1 aliphatic rings. The van der Waals surface area contributed by atoms with Gasteiger partial charge in [0.15, 0.2) is 5.82 Å². The van der Waals surface area contributed by atoms with E-state index in [4.69, 9.17) is 4.42 Å². The van der Waals surface area contributed by atoms with Gasteiger partial charge in [-0.05, 0) is 19.9 Å². The molecule has 0 atom stereocenters. The Morgan fingerprint density at radius 3 is 2.94 bits per heavy atom. The lowest BCUT2D eigenvalue weighted by Gasteiger charge is -2.18. The fraction of sp³-hybridized carbons (Fsp3) is 0.385. The maximum atomic E-state index is 5.31. The number of hydrogen-bond acceptors (Lipinski definition) is 4. The molecule has 0 saturated carbocycles. The van der Waals surface area contributed by atoms with Crippen LogP contribution in [0, 0.1) is 13.8 Å². The second kappa shape index (κ2) is 3.96. The first kappa shape index (κ1) is 10.5. The molecule has 88 valence electrons. The predicted octanol–water partition coefficient (Wildman–Crippen LogP) is 2.00. The molecule has 0 amide bonds. The van der Waals surface area contributed by atoms with Crippen molar-refractivity contribution in [2.45, 2.75) is 26.8 Å². The fourth-order valence-corrected chi connectivity index (χ4v) is 2.25. The van der Waals surface area contributed by atoms with Gasteiger partial charge in [-0.2, -0.15) is 0 Å². The highest BCUT2D eigenvalue weighted by Crippen LogP contribution is 2.24. The van der Waals surface area contributed by atoms with E-state index in [-0.39, 0.29) is 0 Å². The summed E-state index contributed by atoms with van der Waals surface area (Å²) in [5.74, 6) is 1.66. The zero-order chi connectivity index (χ0) is 11.8. The number of nitrogens with zero attached hydrogens (tertiary/aromatic N) is 2. The number of aryl methyl sites for hydroxylation is 2. The molecule has 0 aliphatic carbocycles. The molecule has 1 aliphatic heterocycles. The van der Waals surface area contributed by atoms with Crippen LogP contribution in [-0.2, 0) is 13.0 Å². The smallest absolute Gasteiger partial charge is 0.163 e. The molecule has 0 bridgehead atoms. The third-order valence-corrected chi connectivity index (χ3v) is 3.24. The molecule has 3 heterocycles. The Morgan fingerprint density at radius 2 is 2.18 bits per heavy atom. The van der Waals surface area contributed by atoms with Gasteiger partial charge in [0.2, 0.25) is 0 Å². The summed E-state index contributed by atoms with van der Waals surface area (Å²) < 4.78 is 5.31. The van der Waals surface area contributed by atoms with Gasteiger partial charge < -0.3 is 9.73 Å². The van der Waals surface area contributed by atoms with Crippen LogP contribution >= 0.6 is 0 Å². The van der Waals surface area contributed by atoms with Gasteiger partial charge in [0.25, 0.3) is 0 Å². The summed E-state index contributed by atoms with van der Waals surface area (Å²) in [7, 11) is 0. The van der Waals surface area contributed by atoms with Crippen molar-refractivity contribution < 1.29 is 4.42 Å². The van der Waals surface area contributed by atoms with Crippen molar-refractivity contribution in [3.63, 3.8) is 0 Å².